The van der Waals surface area contributed by atoms with Gasteiger partial charge in [-0.2, -0.15) is 0 Å². The maximum Gasteiger partial charge on any atom is 0.222 e. The van der Waals surface area contributed by atoms with Gasteiger partial charge in [-0.1, -0.05) is 34.5 Å². The standard InChI is InChI=1S/C14H21BrN2O/c1-17(14(18)8-3-2-4-9-16)11-12-6-5-7-13(15)10-12/h5-7,10H,2-4,8-9,11,16H2,1H3. The molecule has 0 aliphatic rings. The average Bonchev–Trinajstić information content (AvgIpc) is 2.34. The highest BCUT2D eigenvalue weighted by atomic mass is 79.9. The fourth-order valence-corrected chi connectivity index (χ4v) is 2.23. The summed E-state index contributed by atoms with van der Waals surface area (Å²) in [5, 5.41) is 0. The summed E-state index contributed by atoms with van der Waals surface area (Å²) < 4.78 is 1.05. The number of amides is 1. The summed E-state index contributed by atoms with van der Waals surface area (Å²) in [6.07, 6.45) is 3.58. The zero-order valence-corrected chi connectivity index (χ0v) is 12.4. The van der Waals surface area contributed by atoms with Crippen LogP contribution in [0.1, 0.15) is 31.2 Å². The molecule has 0 unspecified atom stereocenters. The molecule has 2 N–H and O–H groups in total. The van der Waals surface area contributed by atoms with Gasteiger partial charge in [0.25, 0.3) is 0 Å². The number of carbonyl (C=O) groups excluding carboxylic acids is 1. The second-order valence-electron chi connectivity index (χ2n) is 4.48. The minimum atomic E-state index is 0.201. The van der Waals surface area contributed by atoms with Gasteiger partial charge in [-0.25, -0.2) is 0 Å². The van der Waals surface area contributed by atoms with Crippen LogP contribution in [0, 0.1) is 0 Å². The third-order valence-corrected chi connectivity index (χ3v) is 3.32. The number of nitrogens with two attached hydrogens (primary N) is 1. The first kappa shape index (κ1) is 15.2. The van der Waals surface area contributed by atoms with Crippen LogP contribution in [0.3, 0.4) is 0 Å². The highest BCUT2D eigenvalue weighted by Crippen LogP contribution is 2.13. The quantitative estimate of drug-likeness (QED) is 0.787. The highest BCUT2D eigenvalue weighted by molar-refractivity contribution is 9.10. The van der Waals surface area contributed by atoms with E-state index in [0.29, 0.717) is 19.5 Å². The molecule has 0 aliphatic carbocycles. The zero-order valence-electron chi connectivity index (χ0n) is 10.9. The first-order chi connectivity index (χ1) is 8.63. The lowest BCUT2D eigenvalue weighted by molar-refractivity contribution is -0.130. The Kier molecular flexibility index (Phi) is 6.98. The largest absolute Gasteiger partial charge is 0.341 e. The van der Waals surface area contributed by atoms with Crippen LogP contribution in [-0.4, -0.2) is 24.4 Å². The molecule has 1 aromatic carbocycles. The van der Waals surface area contributed by atoms with Crippen molar-refractivity contribution in [2.45, 2.75) is 32.2 Å². The van der Waals surface area contributed by atoms with Gasteiger partial charge in [0.15, 0.2) is 0 Å². The number of unbranched alkanes of at least 4 members (excludes halogenated alkanes) is 2. The molecular formula is C14H21BrN2O. The van der Waals surface area contributed by atoms with E-state index in [0.717, 1.165) is 29.3 Å². The number of nitrogens with zero attached hydrogens (tertiary/aromatic N) is 1. The van der Waals surface area contributed by atoms with Crippen molar-refractivity contribution in [1.82, 2.24) is 4.90 Å². The predicted molar refractivity (Wildman–Crippen MR) is 78.1 cm³/mol. The van der Waals surface area contributed by atoms with Crippen LogP contribution >= 0.6 is 15.9 Å². The molecule has 1 amide bonds. The van der Waals surface area contributed by atoms with Gasteiger partial charge in [-0.15, -0.1) is 0 Å². The minimum Gasteiger partial charge on any atom is -0.341 e. The van der Waals surface area contributed by atoms with Gasteiger partial charge < -0.3 is 10.6 Å². The smallest absolute Gasteiger partial charge is 0.222 e. The number of hydrogen-bond donors (Lipinski definition) is 1. The fourth-order valence-electron chi connectivity index (χ4n) is 1.79. The summed E-state index contributed by atoms with van der Waals surface area (Å²) in [5.41, 5.74) is 6.56. The van der Waals surface area contributed by atoms with Crippen LogP contribution in [-0.2, 0) is 11.3 Å². The van der Waals surface area contributed by atoms with Gasteiger partial charge in [-0.3, -0.25) is 4.79 Å². The van der Waals surface area contributed by atoms with Crippen LogP contribution in [0.2, 0.25) is 0 Å². The van der Waals surface area contributed by atoms with E-state index in [-0.39, 0.29) is 5.91 Å². The number of hydrogen-bond acceptors (Lipinski definition) is 2. The van der Waals surface area contributed by atoms with E-state index in [9.17, 15) is 4.79 Å². The van der Waals surface area contributed by atoms with Crippen molar-refractivity contribution in [2.75, 3.05) is 13.6 Å². The van der Waals surface area contributed by atoms with Crippen LogP contribution < -0.4 is 5.73 Å². The Morgan fingerprint density at radius 2 is 2.11 bits per heavy atom. The molecule has 0 fully saturated rings. The second-order valence-corrected chi connectivity index (χ2v) is 5.39. The third-order valence-electron chi connectivity index (χ3n) is 2.83. The SMILES string of the molecule is CN(Cc1cccc(Br)c1)C(=O)CCCCCN. The van der Waals surface area contributed by atoms with Crippen LogP contribution in [0.4, 0.5) is 0 Å². The van der Waals surface area contributed by atoms with Crippen molar-refractivity contribution in [1.29, 1.82) is 0 Å². The third kappa shape index (κ3) is 5.65. The minimum absolute atomic E-state index is 0.201. The molecule has 0 radical (unpaired) electrons. The van der Waals surface area contributed by atoms with E-state index in [2.05, 4.69) is 15.9 Å². The lowest BCUT2D eigenvalue weighted by Crippen LogP contribution is -2.25. The predicted octanol–water partition coefficient (Wildman–Crippen LogP) is 2.93. The fraction of sp³-hybridized carbons (Fsp3) is 0.500. The summed E-state index contributed by atoms with van der Waals surface area (Å²) in [6.45, 7) is 1.37. The Morgan fingerprint density at radius 1 is 1.33 bits per heavy atom. The molecule has 0 spiro atoms. The molecule has 3 nitrogen and oxygen atoms in total. The van der Waals surface area contributed by atoms with Crippen LogP contribution in [0.5, 0.6) is 0 Å². The van der Waals surface area contributed by atoms with E-state index >= 15 is 0 Å². The summed E-state index contributed by atoms with van der Waals surface area (Å²) in [4.78, 5) is 13.7. The molecular weight excluding hydrogens is 292 g/mol. The van der Waals surface area contributed by atoms with Gasteiger partial charge in [0.1, 0.15) is 0 Å². The van der Waals surface area contributed by atoms with Gasteiger partial charge in [0.05, 0.1) is 0 Å². The van der Waals surface area contributed by atoms with Crippen molar-refractivity contribution in [3.8, 4) is 0 Å². The molecule has 4 heteroatoms. The Morgan fingerprint density at radius 3 is 2.78 bits per heavy atom. The van der Waals surface area contributed by atoms with Crippen molar-refractivity contribution < 1.29 is 4.79 Å². The van der Waals surface area contributed by atoms with E-state index in [1.165, 1.54) is 0 Å². The molecule has 18 heavy (non-hydrogen) atoms. The highest BCUT2D eigenvalue weighted by Gasteiger charge is 2.08. The summed E-state index contributed by atoms with van der Waals surface area (Å²) in [7, 11) is 1.85. The molecule has 0 bridgehead atoms. The maximum absolute atomic E-state index is 11.9. The number of halogens is 1. The first-order valence-corrected chi connectivity index (χ1v) is 7.11. The van der Waals surface area contributed by atoms with Crippen molar-refractivity contribution in [3.05, 3.63) is 34.3 Å². The zero-order chi connectivity index (χ0) is 13.4. The summed E-state index contributed by atoms with van der Waals surface area (Å²) in [5.74, 6) is 0.201. The first-order valence-electron chi connectivity index (χ1n) is 6.32. The van der Waals surface area contributed by atoms with Crippen LogP contribution in [0.15, 0.2) is 28.7 Å². The molecule has 0 heterocycles. The molecule has 1 aromatic rings. The number of benzene rings is 1. The van der Waals surface area contributed by atoms with Gasteiger partial charge in [0, 0.05) is 24.5 Å². The molecule has 0 saturated heterocycles. The van der Waals surface area contributed by atoms with Crippen molar-refractivity contribution in [3.63, 3.8) is 0 Å². The Balaban J connectivity index is 2.35. The van der Waals surface area contributed by atoms with Gasteiger partial charge >= 0.3 is 0 Å². The van der Waals surface area contributed by atoms with Gasteiger partial charge in [0.2, 0.25) is 5.91 Å². The van der Waals surface area contributed by atoms with E-state index in [1.807, 2.05) is 31.3 Å². The lowest BCUT2D eigenvalue weighted by Gasteiger charge is -2.17. The normalized spacial score (nSPS) is 10.4. The van der Waals surface area contributed by atoms with Crippen molar-refractivity contribution in [2.24, 2.45) is 5.73 Å². The molecule has 0 aromatic heterocycles. The number of carbonyl (C=O) groups is 1. The lowest BCUT2D eigenvalue weighted by atomic mass is 10.1. The second kappa shape index (κ2) is 8.27. The maximum atomic E-state index is 11.9. The van der Waals surface area contributed by atoms with Crippen molar-refractivity contribution >= 4 is 21.8 Å². The van der Waals surface area contributed by atoms with E-state index in [1.54, 1.807) is 4.90 Å². The molecule has 1 rings (SSSR count). The molecule has 0 aliphatic heterocycles. The summed E-state index contributed by atoms with van der Waals surface area (Å²) >= 11 is 3.43. The molecule has 0 atom stereocenters. The monoisotopic (exact) mass is 312 g/mol. The van der Waals surface area contributed by atoms with Crippen LogP contribution in [0.25, 0.3) is 0 Å². The summed E-state index contributed by atoms with van der Waals surface area (Å²) in [6, 6.07) is 8.04. The average molecular weight is 313 g/mol. The Hall–Kier alpha value is -0.870. The topological polar surface area (TPSA) is 46.3 Å². The molecule has 100 valence electrons. The van der Waals surface area contributed by atoms with E-state index in [4.69, 9.17) is 5.73 Å². The van der Waals surface area contributed by atoms with E-state index < -0.39 is 0 Å². The molecule has 0 saturated carbocycles. The van der Waals surface area contributed by atoms with Gasteiger partial charge in [-0.05, 0) is 37.1 Å². The Bertz CT molecular complexity index is 382. The number of rotatable bonds is 7. The Labute approximate surface area is 117 Å².